The molecule has 0 radical (unpaired) electrons. The highest BCUT2D eigenvalue weighted by Gasteiger charge is 2.31. The van der Waals surface area contributed by atoms with Gasteiger partial charge < -0.3 is 24.7 Å². The van der Waals surface area contributed by atoms with Crippen molar-refractivity contribution in [3.05, 3.63) is 5.89 Å². The molecular formula is C13H23N5O3. The first kappa shape index (κ1) is 15.7. The lowest BCUT2D eigenvalue weighted by Gasteiger charge is -2.32. The van der Waals surface area contributed by atoms with Crippen LogP contribution in [0.5, 0.6) is 0 Å². The summed E-state index contributed by atoms with van der Waals surface area (Å²) in [5.41, 5.74) is 0. The lowest BCUT2D eigenvalue weighted by atomic mass is 10.0. The van der Waals surface area contributed by atoms with Crippen LogP contribution in [0.25, 0.3) is 0 Å². The summed E-state index contributed by atoms with van der Waals surface area (Å²) in [6.45, 7) is 2.61. The van der Waals surface area contributed by atoms with Gasteiger partial charge in [0.15, 0.2) is 0 Å². The van der Waals surface area contributed by atoms with Crippen molar-refractivity contribution in [2.75, 3.05) is 38.8 Å². The predicted octanol–water partition coefficient (Wildman–Crippen LogP) is -0.0895. The van der Waals surface area contributed by atoms with E-state index in [1.807, 2.05) is 4.90 Å². The number of carbonyl (C=O) groups is 1. The number of carbonyl (C=O) groups excluding carboxylic acids is 1. The number of likely N-dealkylation sites (N-methyl/N-ethyl adjacent to an activating group) is 1. The van der Waals surface area contributed by atoms with Gasteiger partial charge in [0.25, 0.3) is 0 Å². The summed E-state index contributed by atoms with van der Waals surface area (Å²) in [6, 6.07) is 0.199. The van der Waals surface area contributed by atoms with Gasteiger partial charge >= 0.3 is 6.01 Å². The van der Waals surface area contributed by atoms with E-state index >= 15 is 0 Å². The molecule has 1 fully saturated rings. The average molecular weight is 297 g/mol. The lowest BCUT2D eigenvalue weighted by Crippen LogP contribution is -2.49. The van der Waals surface area contributed by atoms with Gasteiger partial charge in [-0.05, 0) is 19.3 Å². The fourth-order valence-electron chi connectivity index (χ4n) is 2.40. The third-order valence-corrected chi connectivity index (χ3v) is 3.51. The SMILES string of the molecule is CNC(=O)C1CCCCN1c1nnc(CNCCOC)o1. The number of hydrogen-bond acceptors (Lipinski definition) is 7. The first-order valence-corrected chi connectivity index (χ1v) is 7.26. The number of piperidine rings is 1. The van der Waals surface area contributed by atoms with E-state index in [2.05, 4.69) is 20.8 Å². The molecular weight excluding hydrogens is 274 g/mol. The van der Waals surface area contributed by atoms with E-state index < -0.39 is 0 Å². The maximum atomic E-state index is 11.9. The summed E-state index contributed by atoms with van der Waals surface area (Å²) in [4.78, 5) is 13.8. The number of nitrogens with zero attached hydrogens (tertiary/aromatic N) is 3. The minimum absolute atomic E-state index is 0.00679. The van der Waals surface area contributed by atoms with E-state index in [9.17, 15) is 4.79 Å². The Kier molecular flexibility index (Phi) is 5.94. The Bertz CT molecular complexity index is 451. The highest BCUT2D eigenvalue weighted by Crippen LogP contribution is 2.23. The molecule has 0 bridgehead atoms. The smallest absolute Gasteiger partial charge is 0.318 e. The quantitative estimate of drug-likeness (QED) is 0.679. The van der Waals surface area contributed by atoms with Crippen LogP contribution in [0.2, 0.25) is 0 Å². The number of rotatable bonds is 7. The molecule has 1 aliphatic rings. The summed E-state index contributed by atoms with van der Waals surface area (Å²) >= 11 is 0. The van der Waals surface area contributed by atoms with Gasteiger partial charge in [-0.2, -0.15) is 0 Å². The van der Waals surface area contributed by atoms with Gasteiger partial charge in [0.2, 0.25) is 11.8 Å². The molecule has 0 spiro atoms. The van der Waals surface area contributed by atoms with Crippen LogP contribution in [-0.4, -0.2) is 56.0 Å². The maximum absolute atomic E-state index is 11.9. The van der Waals surface area contributed by atoms with Crippen LogP contribution in [-0.2, 0) is 16.1 Å². The molecule has 118 valence electrons. The molecule has 1 aromatic rings. The van der Waals surface area contributed by atoms with Gasteiger partial charge in [-0.25, -0.2) is 0 Å². The minimum atomic E-state index is -0.224. The first-order chi connectivity index (χ1) is 10.3. The van der Waals surface area contributed by atoms with Crippen molar-refractivity contribution in [3.63, 3.8) is 0 Å². The van der Waals surface area contributed by atoms with Crippen molar-refractivity contribution in [3.8, 4) is 0 Å². The van der Waals surface area contributed by atoms with Crippen molar-refractivity contribution < 1.29 is 13.9 Å². The summed E-state index contributed by atoms with van der Waals surface area (Å²) in [5.74, 6) is 0.509. The zero-order chi connectivity index (χ0) is 15.1. The van der Waals surface area contributed by atoms with Crippen molar-refractivity contribution in [1.29, 1.82) is 0 Å². The lowest BCUT2D eigenvalue weighted by molar-refractivity contribution is -0.122. The normalized spacial score (nSPS) is 18.8. The molecule has 2 rings (SSSR count). The molecule has 0 saturated carbocycles. The second kappa shape index (κ2) is 7.94. The van der Waals surface area contributed by atoms with Crippen LogP contribution in [0.4, 0.5) is 6.01 Å². The monoisotopic (exact) mass is 297 g/mol. The Morgan fingerprint density at radius 3 is 3.10 bits per heavy atom. The number of anilines is 1. The Labute approximate surface area is 124 Å². The average Bonchev–Trinajstić information content (AvgIpc) is 2.99. The summed E-state index contributed by atoms with van der Waals surface area (Å²) in [6.07, 6.45) is 2.87. The highest BCUT2D eigenvalue weighted by molar-refractivity contribution is 5.84. The zero-order valence-corrected chi connectivity index (χ0v) is 12.6. The third-order valence-electron chi connectivity index (χ3n) is 3.51. The molecule has 2 N–H and O–H groups in total. The van der Waals surface area contributed by atoms with Gasteiger partial charge in [-0.15, -0.1) is 5.10 Å². The topological polar surface area (TPSA) is 92.5 Å². The summed E-state index contributed by atoms with van der Waals surface area (Å²) < 4.78 is 10.6. The number of amides is 1. The highest BCUT2D eigenvalue weighted by atomic mass is 16.5. The molecule has 0 aromatic carbocycles. The van der Waals surface area contributed by atoms with Crippen LogP contribution in [0.15, 0.2) is 4.42 Å². The summed E-state index contributed by atoms with van der Waals surface area (Å²) in [5, 5.41) is 13.9. The van der Waals surface area contributed by atoms with E-state index in [4.69, 9.17) is 9.15 Å². The largest absolute Gasteiger partial charge is 0.407 e. The minimum Gasteiger partial charge on any atom is -0.407 e. The van der Waals surface area contributed by atoms with Crippen LogP contribution in [0, 0.1) is 0 Å². The van der Waals surface area contributed by atoms with Gasteiger partial charge in [0.05, 0.1) is 13.2 Å². The fourth-order valence-corrected chi connectivity index (χ4v) is 2.40. The molecule has 1 aliphatic heterocycles. The zero-order valence-electron chi connectivity index (χ0n) is 12.6. The van der Waals surface area contributed by atoms with Crippen LogP contribution < -0.4 is 15.5 Å². The van der Waals surface area contributed by atoms with Crippen molar-refractivity contribution in [1.82, 2.24) is 20.8 Å². The second-order valence-electron chi connectivity index (χ2n) is 4.97. The fraction of sp³-hybridized carbons (Fsp3) is 0.769. The van der Waals surface area contributed by atoms with Crippen LogP contribution in [0.1, 0.15) is 25.2 Å². The molecule has 1 amide bonds. The van der Waals surface area contributed by atoms with Crippen molar-refractivity contribution in [2.45, 2.75) is 31.8 Å². The Morgan fingerprint density at radius 1 is 1.48 bits per heavy atom. The Balaban J connectivity index is 1.96. The van der Waals surface area contributed by atoms with E-state index in [-0.39, 0.29) is 11.9 Å². The van der Waals surface area contributed by atoms with Gasteiger partial charge in [-0.1, -0.05) is 5.10 Å². The van der Waals surface area contributed by atoms with E-state index in [1.54, 1.807) is 14.2 Å². The number of nitrogens with one attached hydrogen (secondary N) is 2. The van der Waals surface area contributed by atoms with Crippen LogP contribution >= 0.6 is 0 Å². The molecule has 21 heavy (non-hydrogen) atoms. The number of ether oxygens (including phenoxy) is 1. The molecule has 2 heterocycles. The summed E-state index contributed by atoms with van der Waals surface area (Å²) in [7, 11) is 3.30. The second-order valence-corrected chi connectivity index (χ2v) is 4.97. The molecule has 1 saturated heterocycles. The first-order valence-electron chi connectivity index (χ1n) is 7.26. The van der Waals surface area contributed by atoms with Crippen LogP contribution in [0.3, 0.4) is 0 Å². The molecule has 0 aliphatic carbocycles. The number of aromatic nitrogens is 2. The Hall–Kier alpha value is -1.67. The van der Waals surface area contributed by atoms with Gasteiger partial charge in [0.1, 0.15) is 6.04 Å². The molecule has 1 aromatic heterocycles. The van der Waals surface area contributed by atoms with E-state index in [1.165, 1.54) is 0 Å². The molecule has 8 nitrogen and oxygen atoms in total. The Morgan fingerprint density at radius 2 is 2.33 bits per heavy atom. The number of methoxy groups -OCH3 is 1. The van der Waals surface area contributed by atoms with E-state index in [0.29, 0.717) is 25.1 Å². The maximum Gasteiger partial charge on any atom is 0.318 e. The third kappa shape index (κ3) is 4.15. The van der Waals surface area contributed by atoms with E-state index in [0.717, 1.165) is 32.4 Å². The van der Waals surface area contributed by atoms with Gasteiger partial charge in [-0.3, -0.25) is 4.79 Å². The molecule has 8 heteroatoms. The van der Waals surface area contributed by atoms with Crippen molar-refractivity contribution >= 4 is 11.9 Å². The van der Waals surface area contributed by atoms with Gasteiger partial charge in [0, 0.05) is 27.2 Å². The van der Waals surface area contributed by atoms with Crippen molar-refractivity contribution in [2.24, 2.45) is 0 Å². The standard InChI is InChI=1S/C13H23N5O3/c1-14-12(19)10-5-3-4-7-18(10)13-17-16-11(21-13)9-15-6-8-20-2/h10,15H,3-9H2,1-2H3,(H,14,19). The number of hydrogen-bond donors (Lipinski definition) is 2. The molecule has 1 atom stereocenters. The predicted molar refractivity (Wildman–Crippen MR) is 76.9 cm³/mol. The molecule has 1 unspecified atom stereocenters.